The van der Waals surface area contributed by atoms with Crippen molar-refractivity contribution in [1.29, 1.82) is 0 Å². The van der Waals surface area contributed by atoms with E-state index in [0.717, 1.165) is 19.3 Å². The first-order chi connectivity index (χ1) is 9.03. The van der Waals surface area contributed by atoms with Crippen LogP contribution in [-0.2, 0) is 16.6 Å². The number of nitrogens with two attached hydrogens (primary N) is 1. The first-order valence-corrected chi connectivity index (χ1v) is 8.32. The second-order valence-corrected chi connectivity index (χ2v) is 6.91. The minimum atomic E-state index is -3.57. The molecule has 1 saturated carbocycles. The Balaban J connectivity index is 2.11. The van der Waals surface area contributed by atoms with Gasteiger partial charge in [-0.15, -0.1) is 0 Å². The average Bonchev–Trinajstić information content (AvgIpc) is 2.78. The molecule has 0 aliphatic heterocycles. The normalized spacial score (nSPS) is 25.2. The quantitative estimate of drug-likeness (QED) is 0.829. The minimum Gasteiger partial charge on any atom is -0.447 e. The Morgan fingerprint density at radius 1 is 1.32 bits per heavy atom. The van der Waals surface area contributed by atoms with Crippen molar-refractivity contribution < 1.29 is 12.8 Å². The van der Waals surface area contributed by atoms with Gasteiger partial charge in [0.15, 0.2) is 0 Å². The van der Waals surface area contributed by atoms with Crippen molar-refractivity contribution in [1.82, 2.24) is 4.72 Å². The Morgan fingerprint density at radius 3 is 2.74 bits per heavy atom. The summed E-state index contributed by atoms with van der Waals surface area (Å²) in [5.41, 5.74) is 5.42. The van der Waals surface area contributed by atoms with Gasteiger partial charge in [-0.25, -0.2) is 13.1 Å². The van der Waals surface area contributed by atoms with Gasteiger partial charge in [-0.3, -0.25) is 0 Å². The molecule has 19 heavy (non-hydrogen) atoms. The largest absolute Gasteiger partial charge is 0.447 e. The molecule has 1 aromatic rings. The van der Waals surface area contributed by atoms with E-state index in [4.69, 9.17) is 10.2 Å². The topological polar surface area (TPSA) is 85.3 Å². The van der Waals surface area contributed by atoms with Gasteiger partial charge >= 0.3 is 0 Å². The molecule has 0 spiro atoms. The van der Waals surface area contributed by atoms with Crippen LogP contribution in [0.4, 0.5) is 0 Å². The predicted octanol–water partition coefficient (Wildman–Crippen LogP) is 1.99. The molecule has 0 bridgehead atoms. The highest BCUT2D eigenvalue weighted by Gasteiger charge is 2.27. The van der Waals surface area contributed by atoms with Crippen molar-refractivity contribution in [2.24, 2.45) is 11.7 Å². The summed E-state index contributed by atoms with van der Waals surface area (Å²) in [7, 11) is -3.57. The SMILES string of the molecule is CC1CCCCCC1NS(=O)(=O)c1ccc(CN)o1. The minimum absolute atomic E-state index is 0.000994. The van der Waals surface area contributed by atoms with Crippen LogP contribution in [0.25, 0.3) is 0 Å². The fourth-order valence-electron chi connectivity index (χ4n) is 2.54. The molecule has 0 aromatic carbocycles. The molecule has 1 aromatic heterocycles. The monoisotopic (exact) mass is 286 g/mol. The van der Waals surface area contributed by atoms with E-state index in [0.29, 0.717) is 11.7 Å². The van der Waals surface area contributed by atoms with Gasteiger partial charge in [0.25, 0.3) is 10.0 Å². The number of hydrogen-bond donors (Lipinski definition) is 2. The lowest BCUT2D eigenvalue weighted by Gasteiger charge is -2.21. The van der Waals surface area contributed by atoms with Gasteiger partial charge in [-0.1, -0.05) is 26.2 Å². The molecule has 0 saturated heterocycles. The number of sulfonamides is 1. The average molecular weight is 286 g/mol. The van der Waals surface area contributed by atoms with Crippen LogP contribution in [0, 0.1) is 5.92 Å². The van der Waals surface area contributed by atoms with Crippen LogP contribution in [0.2, 0.25) is 0 Å². The van der Waals surface area contributed by atoms with Crippen LogP contribution in [0.1, 0.15) is 44.8 Å². The van der Waals surface area contributed by atoms with Gasteiger partial charge in [0, 0.05) is 6.04 Å². The van der Waals surface area contributed by atoms with E-state index < -0.39 is 10.0 Å². The molecule has 1 aliphatic rings. The first-order valence-electron chi connectivity index (χ1n) is 6.84. The van der Waals surface area contributed by atoms with E-state index in [1.54, 1.807) is 6.07 Å². The van der Waals surface area contributed by atoms with Crippen LogP contribution >= 0.6 is 0 Å². The summed E-state index contributed by atoms with van der Waals surface area (Å²) in [5, 5.41) is -0.0376. The number of nitrogens with one attached hydrogen (secondary N) is 1. The van der Waals surface area contributed by atoms with Crippen molar-refractivity contribution in [3.05, 3.63) is 17.9 Å². The summed E-state index contributed by atoms with van der Waals surface area (Å²) < 4.78 is 32.5. The molecule has 3 N–H and O–H groups in total. The maximum atomic E-state index is 12.2. The second kappa shape index (κ2) is 6.07. The molecular weight excluding hydrogens is 264 g/mol. The summed E-state index contributed by atoms with van der Waals surface area (Å²) >= 11 is 0. The van der Waals surface area contributed by atoms with E-state index in [1.807, 2.05) is 0 Å². The Morgan fingerprint density at radius 2 is 2.05 bits per heavy atom. The maximum absolute atomic E-state index is 12.2. The molecule has 108 valence electrons. The lowest BCUT2D eigenvalue weighted by atomic mass is 9.98. The summed E-state index contributed by atoms with van der Waals surface area (Å²) in [5.74, 6) is 0.843. The third kappa shape index (κ3) is 3.58. The van der Waals surface area contributed by atoms with Crippen LogP contribution in [0.5, 0.6) is 0 Å². The van der Waals surface area contributed by atoms with E-state index >= 15 is 0 Å². The van der Waals surface area contributed by atoms with Gasteiger partial charge < -0.3 is 10.2 Å². The Kier molecular flexibility index (Phi) is 4.65. The summed E-state index contributed by atoms with van der Waals surface area (Å²) in [4.78, 5) is 0. The molecular formula is C13H22N2O3S. The van der Waals surface area contributed by atoms with Crippen LogP contribution in [0.3, 0.4) is 0 Å². The molecule has 6 heteroatoms. The van der Waals surface area contributed by atoms with Gasteiger partial charge in [-0.05, 0) is 30.9 Å². The fourth-order valence-corrected chi connectivity index (χ4v) is 3.87. The van der Waals surface area contributed by atoms with E-state index in [9.17, 15) is 8.42 Å². The van der Waals surface area contributed by atoms with Gasteiger partial charge in [0.1, 0.15) is 5.76 Å². The Hall–Kier alpha value is -0.850. The van der Waals surface area contributed by atoms with Crippen molar-refractivity contribution in [3.63, 3.8) is 0 Å². The van der Waals surface area contributed by atoms with Crippen molar-refractivity contribution in [3.8, 4) is 0 Å². The summed E-state index contributed by atoms with van der Waals surface area (Å²) in [6.45, 7) is 2.31. The lowest BCUT2D eigenvalue weighted by molar-refractivity contribution is 0.381. The lowest BCUT2D eigenvalue weighted by Crippen LogP contribution is -2.38. The number of rotatable bonds is 4. The van der Waals surface area contributed by atoms with Crippen molar-refractivity contribution >= 4 is 10.0 Å². The smallest absolute Gasteiger partial charge is 0.274 e. The second-order valence-electron chi connectivity index (χ2n) is 5.27. The number of hydrogen-bond acceptors (Lipinski definition) is 4. The van der Waals surface area contributed by atoms with Crippen molar-refractivity contribution in [2.75, 3.05) is 0 Å². The van der Waals surface area contributed by atoms with E-state index in [1.165, 1.54) is 18.9 Å². The highest BCUT2D eigenvalue weighted by atomic mass is 32.2. The molecule has 1 aliphatic carbocycles. The molecule has 1 fully saturated rings. The number of furan rings is 1. The Bertz CT molecular complexity index is 510. The van der Waals surface area contributed by atoms with E-state index in [2.05, 4.69) is 11.6 Å². The highest BCUT2D eigenvalue weighted by Crippen LogP contribution is 2.25. The standard InChI is InChI=1S/C13H22N2O3S/c1-10-5-3-2-4-6-12(10)15-19(16,17)13-8-7-11(9-14)18-13/h7-8,10,12,15H,2-6,9,14H2,1H3. The van der Waals surface area contributed by atoms with Gasteiger partial charge in [0.05, 0.1) is 6.54 Å². The molecule has 0 radical (unpaired) electrons. The fraction of sp³-hybridized carbons (Fsp3) is 0.692. The Labute approximate surface area is 114 Å². The zero-order valence-electron chi connectivity index (χ0n) is 11.3. The summed E-state index contributed by atoms with van der Waals surface area (Å²) in [6.07, 6.45) is 5.39. The zero-order chi connectivity index (χ0) is 13.9. The molecule has 5 nitrogen and oxygen atoms in total. The molecule has 0 amide bonds. The highest BCUT2D eigenvalue weighted by molar-refractivity contribution is 7.89. The molecule has 2 unspecified atom stereocenters. The summed E-state index contributed by atoms with van der Waals surface area (Å²) in [6, 6.07) is 3.07. The predicted molar refractivity (Wildman–Crippen MR) is 73.0 cm³/mol. The van der Waals surface area contributed by atoms with Crippen molar-refractivity contribution in [2.45, 2.75) is 56.7 Å². The van der Waals surface area contributed by atoms with Crippen LogP contribution < -0.4 is 10.5 Å². The molecule has 2 atom stereocenters. The molecule has 1 heterocycles. The van der Waals surface area contributed by atoms with Gasteiger partial charge in [0.2, 0.25) is 5.09 Å². The first kappa shape index (κ1) is 14.6. The molecule has 2 rings (SSSR count). The van der Waals surface area contributed by atoms with Crippen LogP contribution in [0.15, 0.2) is 21.6 Å². The van der Waals surface area contributed by atoms with Crippen LogP contribution in [-0.4, -0.2) is 14.5 Å². The third-order valence-corrected chi connectivity index (χ3v) is 5.13. The third-order valence-electron chi connectivity index (χ3n) is 3.77. The van der Waals surface area contributed by atoms with Gasteiger partial charge in [-0.2, -0.15) is 0 Å². The zero-order valence-corrected chi connectivity index (χ0v) is 12.1. The van der Waals surface area contributed by atoms with E-state index in [-0.39, 0.29) is 17.7 Å². The maximum Gasteiger partial charge on any atom is 0.274 e.